The van der Waals surface area contributed by atoms with Gasteiger partial charge < -0.3 is 20.8 Å². The number of phenols is 1. The predicted octanol–water partition coefficient (Wildman–Crippen LogP) is 2.50. The fraction of sp³-hybridized carbons (Fsp3) is 0.278. The van der Waals surface area contributed by atoms with Gasteiger partial charge >= 0.3 is 6.03 Å². The highest BCUT2D eigenvalue weighted by Gasteiger charge is 2.14. The second-order valence-electron chi connectivity index (χ2n) is 5.66. The van der Waals surface area contributed by atoms with E-state index in [4.69, 9.17) is 0 Å². The molecule has 0 fully saturated rings. The Morgan fingerprint density at radius 2 is 1.83 bits per heavy atom. The fourth-order valence-corrected chi connectivity index (χ4v) is 2.36. The molecule has 2 aromatic rings. The van der Waals surface area contributed by atoms with Crippen LogP contribution in [0.1, 0.15) is 24.2 Å². The molecule has 2 amide bonds. The molecule has 128 valence electrons. The first kappa shape index (κ1) is 17.7. The number of urea groups is 1. The Hall–Kier alpha value is -2.60. The van der Waals surface area contributed by atoms with Crippen molar-refractivity contribution in [2.75, 3.05) is 6.54 Å². The van der Waals surface area contributed by atoms with E-state index in [0.717, 1.165) is 5.56 Å². The molecule has 0 heterocycles. The van der Waals surface area contributed by atoms with Crippen molar-refractivity contribution in [1.82, 2.24) is 10.6 Å². The van der Waals surface area contributed by atoms with Crippen LogP contribution >= 0.6 is 0 Å². The van der Waals surface area contributed by atoms with E-state index in [9.17, 15) is 19.4 Å². The fourth-order valence-electron chi connectivity index (χ4n) is 2.36. The maximum Gasteiger partial charge on any atom is 0.315 e. The highest BCUT2D eigenvalue weighted by molar-refractivity contribution is 5.74. The van der Waals surface area contributed by atoms with E-state index in [1.165, 1.54) is 18.2 Å². The number of aromatic hydroxyl groups is 1. The number of aliphatic hydroxyl groups excluding tert-OH is 1. The summed E-state index contributed by atoms with van der Waals surface area (Å²) in [5.74, 6) is -0.313. The third-order valence-corrected chi connectivity index (χ3v) is 3.58. The van der Waals surface area contributed by atoms with E-state index in [0.29, 0.717) is 6.42 Å². The molecule has 0 aliphatic carbocycles. The summed E-state index contributed by atoms with van der Waals surface area (Å²) in [6.45, 7) is 1.76. The van der Waals surface area contributed by atoms with Crippen LogP contribution in [0, 0.1) is 5.82 Å². The second-order valence-corrected chi connectivity index (χ2v) is 5.66. The van der Waals surface area contributed by atoms with Gasteiger partial charge in [0.15, 0.2) is 0 Å². The summed E-state index contributed by atoms with van der Waals surface area (Å²) in [5.41, 5.74) is 1.13. The average Bonchev–Trinajstić information content (AvgIpc) is 2.55. The molecule has 2 atom stereocenters. The quantitative estimate of drug-likeness (QED) is 0.656. The van der Waals surface area contributed by atoms with Crippen LogP contribution in [0.5, 0.6) is 5.75 Å². The molecule has 0 radical (unpaired) electrons. The maximum atomic E-state index is 13.5. The molecular weight excluding hydrogens is 311 g/mol. The molecule has 4 N–H and O–H groups in total. The molecule has 24 heavy (non-hydrogen) atoms. The molecule has 0 aromatic heterocycles. The zero-order valence-corrected chi connectivity index (χ0v) is 13.4. The van der Waals surface area contributed by atoms with Gasteiger partial charge in [0.25, 0.3) is 0 Å². The Labute approximate surface area is 140 Å². The number of amides is 2. The van der Waals surface area contributed by atoms with Crippen molar-refractivity contribution in [3.63, 3.8) is 0 Å². The number of phenolic OH excluding ortho intramolecular Hbond substituents is 1. The van der Waals surface area contributed by atoms with Gasteiger partial charge in [0, 0.05) is 18.2 Å². The zero-order valence-electron chi connectivity index (χ0n) is 13.4. The minimum atomic E-state index is -1.11. The maximum absolute atomic E-state index is 13.5. The molecule has 2 unspecified atom stereocenters. The first-order chi connectivity index (χ1) is 11.5. The lowest BCUT2D eigenvalue weighted by Gasteiger charge is -2.17. The lowest BCUT2D eigenvalue weighted by atomic mass is 10.1. The highest BCUT2D eigenvalue weighted by Crippen LogP contribution is 2.15. The van der Waals surface area contributed by atoms with E-state index in [1.807, 2.05) is 6.92 Å². The van der Waals surface area contributed by atoms with Crippen LogP contribution in [0.3, 0.4) is 0 Å². The number of hydrogen-bond donors (Lipinski definition) is 4. The molecular formula is C18H21FN2O3. The molecule has 0 spiro atoms. The third-order valence-electron chi connectivity index (χ3n) is 3.58. The summed E-state index contributed by atoms with van der Waals surface area (Å²) in [6.07, 6.45) is -0.506. The predicted molar refractivity (Wildman–Crippen MR) is 89.2 cm³/mol. The molecule has 2 rings (SSSR count). The van der Waals surface area contributed by atoms with Crippen molar-refractivity contribution in [2.45, 2.75) is 25.5 Å². The summed E-state index contributed by atoms with van der Waals surface area (Å²) < 4.78 is 13.5. The van der Waals surface area contributed by atoms with Crippen molar-refractivity contribution in [3.05, 3.63) is 65.5 Å². The van der Waals surface area contributed by atoms with Gasteiger partial charge in [-0.3, -0.25) is 0 Å². The Balaban J connectivity index is 1.78. The molecule has 6 heteroatoms. The van der Waals surface area contributed by atoms with Crippen LogP contribution < -0.4 is 10.6 Å². The van der Waals surface area contributed by atoms with E-state index in [-0.39, 0.29) is 23.9 Å². The van der Waals surface area contributed by atoms with E-state index < -0.39 is 18.0 Å². The Morgan fingerprint density at radius 1 is 1.17 bits per heavy atom. The van der Waals surface area contributed by atoms with Gasteiger partial charge in [-0.2, -0.15) is 0 Å². The summed E-state index contributed by atoms with van der Waals surface area (Å²) >= 11 is 0. The Kier molecular flexibility index (Phi) is 6.14. The van der Waals surface area contributed by atoms with Crippen LogP contribution in [0.25, 0.3) is 0 Å². The third kappa shape index (κ3) is 5.24. The molecule has 0 bridgehead atoms. The highest BCUT2D eigenvalue weighted by atomic mass is 19.1. The lowest BCUT2D eigenvalue weighted by Crippen LogP contribution is -2.43. The average molecular weight is 332 g/mol. The summed E-state index contributed by atoms with van der Waals surface area (Å²) in [4.78, 5) is 11.9. The van der Waals surface area contributed by atoms with Crippen LogP contribution in [-0.4, -0.2) is 28.8 Å². The number of nitrogens with one attached hydrogen (secondary N) is 2. The van der Waals surface area contributed by atoms with Gasteiger partial charge in [0.1, 0.15) is 11.6 Å². The number of halogens is 1. The van der Waals surface area contributed by atoms with E-state index >= 15 is 0 Å². The van der Waals surface area contributed by atoms with Crippen LogP contribution in [0.2, 0.25) is 0 Å². The van der Waals surface area contributed by atoms with Crippen LogP contribution in [-0.2, 0) is 6.42 Å². The molecule has 0 aliphatic rings. The Morgan fingerprint density at radius 3 is 2.50 bits per heavy atom. The van der Waals surface area contributed by atoms with Gasteiger partial charge in [-0.05, 0) is 37.1 Å². The molecule has 0 saturated heterocycles. The van der Waals surface area contributed by atoms with Gasteiger partial charge in [-0.15, -0.1) is 0 Å². The smallest absolute Gasteiger partial charge is 0.315 e. The number of rotatable bonds is 6. The topological polar surface area (TPSA) is 81.6 Å². The summed E-state index contributed by atoms with van der Waals surface area (Å²) in [6, 6.07) is 12.1. The molecule has 0 aliphatic heterocycles. The minimum absolute atomic E-state index is 0.0846. The van der Waals surface area contributed by atoms with E-state index in [2.05, 4.69) is 10.6 Å². The van der Waals surface area contributed by atoms with Gasteiger partial charge in [-0.1, -0.05) is 30.3 Å². The zero-order chi connectivity index (χ0) is 17.5. The van der Waals surface area contributed by atoms with Gasteiger partial charge in [0.2, 0.25) is 0 Å². The van der Waals surface area contributed by atoms with Crippen molar-refractivity contribution < 1.29 is 19.4 Å². The first-order valence-corrected chi connectivity index (χ1v) is 7.70. The van der Waals surface area contributed by atoms with Gasteiger partial charge in [-0.25, -0.2) is 9.18 Å². The normalized spacial score (nSPS) is 13.1. The van der Waals surface area contributed by atoms with Crippen LogP contribution in [0.15, 0.2) is 48.5 Å². The molecule has 0 saturated carbocycles. The minimum Gasteiger partial charge on any atom is -0.508 e. The second kappa shape index (κ2) is 8.31. The first-order valence-electron chi connectivity index (χ1n) is 7.70. The monoisotopic (exact) mass is 332 g/mol. The van der Waals surface area contributed by atoms with Crippen molar-refractivity contribution in [3.8, 4) is 5.75 Å². The largest absolute Gasteiger partial charge is 0.508 e. The Bertz CT molecular complexity index is 676. The van der Waals surface area contributed by atoms with Gasteiger partial charge in [0.05, 0.1) is 6.10 Å². The summed E-state index contributed by atoms with van der Waals surface area (Å²) in [7, 11) is 0. The van der Waals surface area contributed by atoms with Crippen molar-refractivity contribution in [1.29, 1.82) is 0 Å². The van der Waals surface area contributed by atoms with E-state index in [1.54, 1.807) is 30.3 Å². The summed E-state index contributed by atoms with van der Waals surface area (Å²) in [5, 5.41) is 24.5. The van der Waals surface area contributed by atoms with Crippen molar-refractivity contribution in [2.24, 2.45) is 0 Å². The molecule has 5 nitrogen and oxygen atoms in total. The molecule has 2 aromatic carbocycles. The standard InChI is InChI=1S/C18H21FN2O3/c1-12(10-13-6-8-14(22)9-7-13)21-18(24)20-11-17(23)15-4-2-3-5-16(15)19/h2-9,12,17,22-23H,10-11H2,1H3,(H2,20,21,24). The number of aliphatic hydroxyl groups is 1. The number of benzene rings is 2. The lowest BCUT2D eigenvalue weighted by molar-refractivity contribution is 0.168. The number of carbonyl (C=O) groups is 1. The number of carbonyl (C=O) groups excluding carboxylic acids is 1. The SMILES string of the molecule is CC(Cc1ccc(O)cc1)NC(=O)NCC(O)c1ccccc1F. The number of hydrogen-bond acceptors (Lipinski definition) is 3. The van der Waals surface area contributed by atoms with Crippen LogP contribution in [0.4, 0.5) is 9.18 Å². The van der Waals surface area contributed by atoms with Crippen molar-refractivity contribution >= 4 is 6.03 Å².